The molecule has 1 heterocycles. The van der Waals surface area contributed by atoms with Gasteiger partial charge in [0.1, 0.15) is 18.2 Å². The van der Waals surface area contributed by atoms with Crippen molar-refractivity contribution in [1.82, 2.24) is 15.3 Å². The standard InChI is InChI=1S/C17H21FN4O3/c1-17(25-3,12-6-4-5-7-13(12)18)16(23)21-9-11-8-20-14(10-24-2)22-15(11)19/h4-8H,9-10H2,1-3H3,(H,21,23)(H2,19,20,22)/t17-/m0/s1. The van der Waals surface area contributed by atoms with E-state index in [9.17, 15) is 9.18 Å². The molecule has 134 valence electrons. The summed E-state index contributed by atoms with van der Waals surface area (Å²) < 4.78 is 24.3. The van der Waals surface area contributed by atoms with E-state index >= 15 is 0 Å². The molecule has 0 bridgehead atoms. The summed E-state index contributed by atoms with van der Waals surface area (Å²) in [6.45, 7) is 1.83. The number of nitrogens with zero attached hydrogens (tertiary/aromatic N) is 2. The summed E-state index contributed by atoms with van der Waals surface area (Å²) in [6, 6.07) is 5.98. The quantitative estimate of drug-likeness (QED) is 0.787. The average Bonchev–Trinajstić information content (AvgIpc) is 2.60. The second-order valence-electron chi connectivity index (χ2n) is 5.53. The number of hydrogen-bond donors (Lipinski definition) is 2. The number of nitrogens with two attached hydrogens (primary N) is 1. The molecule has 1 atom stereocenters. The molecule has 2 rings (SSSR count). The molecule has 25 heavy (non-hydrogen) atoms. The second kappa shape index (κ2) is 8.00. The summed E-state index contributed by atoms with van der Waals surface area (Å²) in [7, 11) is 2.88. The number of aromatic nitrogens is 2. The molecule has 0 aliphatic carbocycles. The molecule has 3 N–H and O–H groups in total. The van der Waals surface area contributed by atoms with E-state index in [1.807, 2.05) is 0 Å². The fourth-order valence-electron chi connectivity index (χ4n) is 2.31. The Morgan fingerprint density at radius 3 is 2.68 bits per heavy atom. The minimum Gasteiger partial charge on any atom is -0.383 e. The van der Waals surface area contributed by atoms with Gasteiger partial charge in [0.05, 0.1) is 0 Å². The Morgan fingerprint density at radius 2 is 2.08 bits per heavy atom. The summed E-state index contributed by atoms with van der Waals surface area (Å²) in [5, 5.41) is 2.69. The highest BCUT2D eigenvalue weighted by Gasteiger charge is 2.37. The number of methoxy groups -OCH3 is 2. The van der Waals surface area contributed by atoms with Crippen LogP contribution in [-0.2, 0) is 33.0 Å². The van der Waals surface area contributed by atoms with Crippen molar-refractivity contribution in [1.29, 1.82) is 0 Å². The van der Waals surface area contributed by atoms with Gasteiger partial charge >= 0.3 is 0 Å². The third-order valence-corrected chi connectivity index (χ3v) is 3.89. The molecule has 7 nitrogen and oxygen atoms in total. The van der Waals surface area contributed by atoms with Crippen LogP contribution in [0.1, 0.15) is 23.9 Å². The lowest BCUT2D eigenvalue weighted by Gasteiger charge is -2.27. The molecule has 2 aromatic rings. The average molecular weight is 348 g/mol. The number of nitrogen functional groups attached to an aromatic ring is 1. The van der Waals surface area contributed by atoms with Gasteiger partial charge in [0.2, 0.25) is 0 Å². The van der Waals surface area contributed by atoms with Crippen molar-refractivity contribution in [2.75, 3.05) is 20.0 Å². The van der Waals surface area contributed by atoms with Crippen LogP contribution >= 0.6 is 0 Å². The van der Waals surface area contributed by atoms with Crippen LogP contribution < -0.4 is 11.1 Å². The maximum atomic E-state index is 14.1. The number of nitrogens with one attached hydrogen (secondary N) is 1. The van der Waals surface area contributed by atoms with Crippen molar-refractivity contribution in [2.24, 2.45) is 0 Å². The van der Waals surface area contributed by atoms with Gasteiger partial charge in [-0.2, -0.15) is 0 Å². The summed E-state index contributed by atoms with van der Waals surface area (Å²) in [5.41, 5.74) is 5.08. The normalized spacial score (nSPS) is 13.3. The number of amides is 1. The van der Waals surface area contributed by atoms with Gasteiger partial charge in [0.15, 0.2) is 11.4 Å². The van der Waals surface area contributed by atoms with E-state index in [0.29, 0.717) is 11.4 Å². The van der Waals surface area contributed by atoms with Crippen LogP contribution in [0.3, 0.4) is 0 Å². The maximum absolute atomic E-state index is 14.1. The third kappa shape index (κ3) is 4.09. The van der Waals surface area contributed by atoms with Gasteiger partial charge in [-0.3, -0.25) is 4.79 Å². The number of carbonyl (C=O) groups is 1. The highest BCUT2D eigenvalue weighted by Crippen LogP contribution is 2.27. The second-order valence-corrected chi connectivity index (χ2v) is 5.53. The molecule has 0 spiro atoms. The first-order valence-corrected chi connectivity index (χ1v) is 7.60. The molecule has 0 unspecified atom stereocenters. The first-order valence-electron chi connectivity index (χ1n) is 7.60. The highest BCUT2D eigenvalue weighted by atomic mass is 19.1. The fraction of sp³-hybridized carbons (Fsp3) is 0.353. The molecule has 0 saturated heterocycles. The lowest BCUT2D eigenvalue weighted by molar-refractivity contribution is -0.143. The Hall–Kier alpha value is -2.58. The molecular formula is C17H21FN4O3. The molecule has 1 amide bonds. The molecule has 0 aliphatic rings. The third-order valence-electron chi connectivity index (χ3n) is 3.89. The number of benzene rings is 1. The van der Waals surface area contributed by atoms with E-state index < -0.39 is 17.3 Å². The number of hydrogen-bond acceptors (Lipinski definition) is 6. The topological polar surface area (TPSA) is 99.4 Å². The Kier molecular flexibility index (Phi) is 6.00. The predicted molar refractivity (Wildman–Crippen MR) is 89.8 cm³/mol. The number of ether oxygens (including phenoxy) is 2. The summed E-state index contributed by atoms with van der Waals surface area (Å²) in [4.78, 5) is 20.8. The molecule has 0 fully saturated rings. The van der Waals surface area contributed by atoms with Gasteiger partial charge in [0.25, 0.3) is 5.91 Å². The van der Waals surface area contributed by atoms with Crippen LogP contribution in [0, 0.1) is 5.82 Å². The Labute approximate surface area is 145 Å². The number of rotatable bonds is 7. The van der Waals surface area contributed by atoms with Gasteiger partial charge in [0, 0.05) is 38.1 Å². The molecule has 1 aromatic carbocycles. The summed E-state index contributed by atoms with van der Waals surface area (Å²) in [6.07, 6.45) is 1.52. The highest BCUT2D eigenvalue weighted by molar-refractivity contribution is 5.86. The van der Waals surface area contributed by atoms with Crippen molar-refractivity contribution < 1.29 is 18.7 Å². The first-order chi connectivity index (χ1) is 11.9. The number of halogens is 1. The van der Waals surface area contributed by atoms with Crippen LogP contribution in [0.25, 0.3) is 0 Å². The molecule has 0 saturated carbocycles. The van der Waals surface area contributed by atoms with Crippen molar-refractivity contribution in [3.63, 3.8) is 0 Å². The number of anilines is 1. The van der Waals surface area contributed by atoms with E-state index in [1.165, 1.54) is 39.5 Å². The molecule has 8 heteroatoms. The monoisotopic (exact) mass is 348 g/mol. The fourth-order valence-corrected chi connectivity index (χ4v) is 2.31. The van der Waals surface area contributed by atoms with Crippen LogP contribution in [0.2, 0.25) is 0 Å². The van der Waals surface area contributed by atoms with Crippen molar-refractivity contribution in [2.45, 2.75) is 25.7 Å². The van der Waals surface area contributed by atoms with E-state index in [1.54, 1.807) is 12.1 Å². The van der Waals surface area contributed by atoms with Gasteiger partial charge < -0.3 is 20.5 Å². The van der Waals surface area contributed by atoms with Crippen molar-refractivity contribution in [3.8, 4) is 0 Å². The largest absolute Gasteiger partial charge is 0.383 e. The van der Waals surface area contributed by atoms with Gasteiger partial charge in [-0.1, -0.05) is 18.2 Å². The van der Waals surface area contributed by atoms with E-state index in [-0.39, 0.29) is 24.5 Å². The van der Waals surface area contributed by atoms with Crippen molar-refractivity contribution in [3.05, 3.63) is 53.2 Å². The van der Waals surface area contributed by atoms with Crippen LogP contribution in [0.4, 0.5) is 10.2 Å². The zero-order chi connectivity index (χ0) is 18.4. The minimum atomic E-state index is -1.48. The molecule has 0 radical (unpaired) electrons. The maximum Gasteiger partial charge on any atom is 0.256 e. The number of carbonyl (C=O) groups excluding carboxylic acids is 1. The predicted octanol–water partition coefficient (Wildman–Crippen LogP) is 1.52. The lowest BCUT2D eigenvalue weighted by Crippen LogP contribution is -2.44. The zero-order valence-electron chi connectivity index (χ0n) is 14.4. The lowest BCUT2D eigenvalue weighted by atomic mass is 9.94. The van der Waals surface area contributed by atoms with E-state index in [0.717, 1.165) is 0 Å². The van der Waals surface area contributed by atoms with Crippen LogP contribution in [0.5, 0.6) is 0 Å². The summed E-state index contributed by atoms with van der Waals surface area (Å²) >= 11 is 0. The van der Waals surface area contributed by atoms with Crippen LogP contribution in [0.15, 0.2) is 30.5 Å². The smallest absolute Gasteiger partial charge is 0.256 e. The molecule has 1 aromatic heterocycles. The SMILES string of the molecule is COCc1ncc(CNC(=O)[C@@](C)(OC)c2ccccc2F)c(N)n1. The molecule has 0 aliphatic heterocycles. The van der Waals surface area contributed by atoms with Crippen molar-refractivity contribution >= 4 is 11.7 Å². The Morgan fingerprint density at radius 1 is 1.36 bits per heavy atom. The molecular weight excluding hydrogens is 327 g/mol. The van der Waals surface area contributed by atoms with E-state index in [2.05, 4.69) is 15.3 Å². The van der Waals surface area contributed by atoms with E-state index in [4.69, 9.17) is 15.2 Å². The van der Waals surface area contributed by atoms with Crippen LogP contribution in [-0.4, -0.2) is 30.1 Å². The van der Waals surface area contributed by atoms with Gasteiger partial charge in [-0.15, -0.1) is 0 Å². The minimum absolute atomic E-state index is 0.0886. The summed E-state index contributed by atoms with van der Waals surface area (Å²) in [5.74, 6) is -0.329. The zero-order valence-corrected chi connectivity index (χ0v) is 14.4. The van der Waals surface area contributed by atoms with Gasteiger partial charge in [-0.25, -0.2) is 14.4 Å². The Bertz CT molecular complexity index is 756. The van der Waals surface area contributed by atoms with Gasteiger partial charge in [-0.05, 0) is 13.0 Å². The Balaban J connectivity index is 2.14. The first kappa shape index (κ1) is 18.8.